The first-order valence-electron chi connectivity index (χ1n) is 6.93. The molecule has 0 aromatic heterocycles. The third-order valence-electron chi connectivity index (χ3n) is 3.86. The monoisotopic (exact) mass is 327 g/mol. The van der Waals surface area contributed by atoms with Crippen LogP contribution in [-0.4, -0.2) is 57.2 Å². The molecule has 22 heavy (non-hydrogen) atoms. The van der Waals surface area contributed by atoms with Crippen molar-refractivity contribution in [1.29, 1.82) is 0 Å². The van der Waals surface area contributed by atoms with E-state index in [4.69, 9.17) is 14.2 Å². The van der Waals surface area contributed by atoms with E-state index in [0.717, 1.165) is 0 Å². The van der Waals surface area contributed by atoms with Crippen LogP contribution in [0.2, 0.25) is 0 Å². The van der Waals surface area contributed by atoms with E-state index in [1.807, 2.05) is 0 Å². The topological polar surface area (TPSA) is 82.1 Å². The van der Waals surface area contributed by atoms with Gasteiger partial charge in [0.1, 0.15) is 5.75 Å². The van der Waals surface area contributed by atoms with Crippen LogP contribution in [0.5, 0.6) is 17.2 Å². The fourth-order valence-electron chi connectivity index (χ4n) is 2.50. The fourth-order valence-corrected chi connectivity index (χ4v) is 4.27. The zero-order valence-corrected chi connectivity index (χ0v) is 13.0. The van der Waals surface area contributed by atoms with E-state index in [1.54, 1.807) is 25.2 Å². The summed E-state index contributed by atoms with van der Waals surface area (Å²) in [5.41, 5.74) is 0. The number of carbonyl (C=O) groups excluding carboxylic acids is 1. The van der Waals surface area contributed by atoms with Crippen LogP contribution in [0.15, 0.2) is 18.2 Å². The quantitative estimate of drug-likeness (QED) is 0.798. The molecule has 0 N–H and O–H groups in total. The van der Waals surface area contributed by atoms with Crippen LogP contribution >= 0.6 is 0 Å². The van der Waals surface area contributed by atoms with Crippen molar-refractivity contribution in [3.8, 4) is 17.2 Å². The summed E-state index contributed by atoms with van der Waals surface area (Å²) in [7, 11) is -1.41. The summed E-state index contributed by atoms with van der Waals surface area (Å²) in [6.07, 6.45) is 0.481. The van der Waals surface area contributed by atoms with Crippen LogP contribution in [0.25, 0.3) is 0 Å². The highest BCUT2D eigenvalue weighted by molar-refractivity contribution is 7.91. The van der Waals surface area contributed by atoms with E-state index in [0.29, 0.717) is 23.7 Å². The summed E-state index contributed by atoms with van der Waals surface area (Å²) in [5.74, 6) is 1.65. The smallest absolute Gasteiger partial charge is 0.260 e. The highest BCUT2D eigenvalue weighted by atomic mass is 32.2. The average Bonchev–Trinajstić information content (AvgIpc) is 3.09. The minimum atomic E-state index is -3.01. The maximum absolute atomic E-state index is 12.1. The molecule has 1 amide bonds. The van der Waals surface area contributed by atoms with Gasteiger partial charge in [0.25, 0.3) is 5.91 Å². The molecule has 120 valence electrons. The molecule has 0 spiro atoms. The van der Waals surface area contributed by atoms with E-state index in [-0.39, 0.29) is 36.9 Å². The molecule has 1 fully saturated rings. The molecule has 1 aromatic carbocycles. The summed E-state index contributed by atoms with van der Waals surface area (Å²) < 4.78 is 38.8. The minimum Gasteiger partial charge on any atom is -0.484 e. The Kier molecular flexibility index (Phi) is 3.86. The lowest BCUT2D eigenvalue weighted by molar-refractivity contribution is -0.133. The second-order valence-electron chi connectivity index (χ2n) is 5.37. The second kappa shape index (κ2) is 5.68. The van der Waals surface area contributed by atoms with Crippen molar-refractivity contribution >= 4 is 15.7 Å². The Hall–Kier alpha value is -1.96. The van der Waals surface area contributed by atoms with E-state index in [2.05, 4.69) is 0 Å². The zero-order chi connectivity index (χ0) is 15.7. The van der Waals surface area contributed by atoms with Gasteiger partial charge < -0.3 is 19.1 Å². The number of benzene rings is 1. The highest BCUT2D eigenvalue weighted by Gasteiger charge is 2.32. The first-order valence-corrected chi connectivity index (χ1v) is 8.75. The van der Waals surface area contributed by atoms with Crippen LogP contribution in [0.4, 0.5) is 0 Å². The number of sulfone groups is 1. The molecule has 2 aliphatic heterocycles. The summed E-state index contributed by atoms with van der Waals surface area (Å²) in [5, 5.41) is 0. The van der Waals surface area contributed by atoms with Gasteiger partial charge in [-0.15, -0.1) is 0 Å². The largest absolute Gasteiger partial charge is 0.484 e. The van der Waals surface area contributed by atoms with Crippen molar-refractivity contribution in [2.75, 3.05) is 32.0 Å². The molecule has 2 heterocycles. The van der Waals surface area contributed by atoms with Crippen molar-refractivity contribution in [1.82, 2.24) is 4.90 Å². The van der Waals surface area contributed by atoms with Gasteiger partial charge in [-0.2, -0.15) is 0 Å². The number of rotatable bonds is 4. The fraction of sp³-hybridized carbons (Fsp3) is 0.500. The van der Waals surface area contributed by atoms with Crippen molar-refractivity contribution in [2.24, 2.45) is 0 Å². The SMILES string of the molecule is CN(C(=O)COc1ccc2c(c1)OCO2)[C@@H]1CCS(=O)(=O)C1. The van der Waals surface area contributed by atoms with Crippen molar-refractivity contribution in [2.45, 2.75) is 12.5 Å². The highest BCUT2D eigenvalue weighted by Crippen LogP contribution is 2.35. The lowest BCUT2D eigenvalue weighted by atomic mass is 10.2. The molecule has 0 aliphatic carbocycles. The summed E-state index contributed by atoms with van der Waals surface area (Å²) in [4.78, 5) is 13.6. The van der Waals surface area contributed by atoms with Gasteiger partial charge in [-0.3, -0.25) is 4.79 Å². The van der Waals surface area contributed by atoms with Gasteiger partial charge in [-0.1, -0.05) is 0 Å². The van der Waals surface area contributed by atoms with Gasteiger partial charge in [-0.25, -0.2) is 8.42 Å². The van der Waals surface area contributed by atoms with Gasteiger partial charge in [-0.05, 0) is 18.6 Å². The van der Waals surface area contributed by atoms with Crippen LogP contribution in [0.3, 0.4) is 0 Å². The normalized spacial score (nSPS) is 21.6. The molecule has 1 atom stereocenters. The van der Waals surface area contributed by atoms with E-state index in [1.165, 1.54) is 4.90 Å². The van der Waals surface area contributed by atoms with E-state index < -0.39 is 9.84 Å². The van der Waals surface area contributed by atoms with Gasteiger partial charge in [0.15, 0.2) is 27.9 Å². The summed E-state index contributed by atoms with van der Waals surface area (Å²) in [6, 6.07) is 4.81. The molecule has 2 aliphatic rings. The number of amides is 1. The van der Waals surface area contributed by atoms with Gasteiger partial charge in [0.2, 0.25) is 6.79 Å². The van der Waals surface area contributed by atoms with Crippen molar-refractivity contribution in [3.05, 3.63) is 18.2 Å². The Balaban J connectivity index is 1.56. The van der Waals surface area contributed by atoms with Crippen LogP contribution < -0.4 is 14.2 Å². The minimum absolute atomic E-state index is 0.0270. The van der Waals surface area contributed by atoms with Gasteiger partial charge >= 0.3 is 0 Å². The Labute approximate surface area is 128 Å². The van der Waals surface area contributed by atoms with E-state index >= 15 is 0 Å². The number of likely N-dealkylation sites (N-methyl/N-ethyl adjacent to an activating group) is 1. The third kappa shape index (κ3) is 3.11. The average molecular weight is 327 g/mol. The predicted molar refractivity (Wildman–Crippen MR) is 77.9 cm³/mol. The van der Waals surface area contributed by atoms with Crippen LogP contribution in [0.1, 0.15) is 6.42 Å². The van der Waals surface area contributed by atoms with Crippen molar-refractivity contribution in [3.63, 3.8) is 0 Å². The third-order valence-corrected chi connectivity index (χ3v) is 5.61. The predicted octanol–water partition coefficient (Wildman–Crippen LogP) is 0.440. The van der Waals surface area contributed by atoms with Crippen LogP contribution in [0, 0.1) is 0 Å². The Morgan fingerprint density at radius 1 is 1.36 bits per heavy atom. The first-order chi connectivity index (χ1) is 10.4. The second-order valence-corrected chi connectivity index (χ2v) is 7.59. The molecule has 0 bridgehead atoms. The summed E-state index contributed by atoms with van der Waals surface area (Å²) >= 11 is 0. The number of carbonyl (C=O) groups is 1. The molecular weight excluding hydrogens is 310 g/mol. The Bertz CT molecular complexity index is 687. The number of ether oxygens (including phenoxy) is 3. The summed E-state index contributed by atoms with van der Waals surface area (Å²) in [6.45, 7) is 0.0311. The number of hydrogen-bond acceptors (Lipinski definition) is 6. The molecule has 0 unspecified atom stereocenters. The number of nitrogens with zero attached hydrogens (tertiary/aromatic N) is 1. The maximum atomic E-state index is 12.1. The Morgan fingerprint density at radius 2 is 2.14 bits per heavy atom. The lowest BCUT2D eigenvalue weighted by Gasteiger charge is -2.23. The standard InChI is InChI=1S/C14H17NO6S/c1-15(10-4-5-22(17,18)8-10)14(16)7-19-11-2-3-12-13(6-11)21-9-20-12/h2-3,6,10H,4-5,7-9H2,1H3/t10-/m1/s1. The van der Waals surface area contributed by atoms with E-state index in [9.17, 15) is 13.2 Å². The molecule has 7 nitrogen and oxygen atoms in total. The van der Waals surface area contributed by atoms with Crippen molar-refractivity contribution < 1.29 is 27.4 Å². The first kappa shape index (κ1) is 15.0. The zero-order valence-electron chi connectivity index (χ0n) is 12.1. The lowest BCUT2D eigenvalue weighted by Crippen LogP contribution is -2.40. The number of fused-ring (bicyclic) bond motifs is 1. The van der Waals surface area contributed by atoms with Gasteiger partial charge in [0, 0.05) is 19.2 Å². The maximum Gasteiger partial charge on any atom is 0.260 e. The Morgan fingerprint density at radius 3 is 2.86 bits per heavy atom. The molecule has 0 saturated carbocycles. The molecule has 0 radical (unpaired) electrons. The number of hydrogen-bond donors (Lipinski definition) is 0. The van der Waals surface area contributed by atoms with Gasteiger partial charge in [0.05, 0.1) is 11.5 Å². The molecule has 3 rings (SSSR count). The molecular formula is C14H17NO6S. The molecule has 1 aromatic rings. The molecule has 8 heteroatoms. The van der Waals surface area contributed by atoms with Crippen LogP contribution in [-0.2, 0) is 14.6 Å². The molecule has 1 saturated heterocycles.